The minimum atomic E-state index is 0.481. The van der Waals surface area contributed by atoms with Crippen molar-refractivity contribution in [1.29, 1.82) is 0 Å². The molecule has 0 bridgehead atoms. The van der Waals surface area contributed by atoms with Gasteiger partial charge in [0.1, 0.15) is 22.6 Å². The summed E-state index contributed by atoms with van der Waals surface area (Å²) < 4.78 is 5.89. The Balaban J connectivity index is 0.000000282. The smallest absolute Gasteiger partial charge is 0.233 e. The second-order valence-electron chi connectivity index (χ2n) is 8.01. The average molecular weight is 556 g/mol. The lowest BCUT2D eigenvalue weighted by molar-refractivity contribution is -0.105. The van der Waals surface area contributed by atoms with Gasteiger partial charge in [0.2, 0.25) is 12.1 Å². The van der Waals surface area contributed by atoms with E-state index in [0.29, 0.717) is 39.8 Å². The monoisotopic (exact) mass is 555 g/mol. The van der Waals surface area contributed by atoms with Gasteiger partial charge in [0.05, 0.1) is 11.9 Å². The zero-order valence-corrected chi connectivity index (χ0v) is 22.8. The zero-order valence-electron chi connectivity index (χ0n) is 22.0. The van der Waals surface area contributed by atoms with Crippen LogP contribution < -0.4 is 16.0 Å². The molecule has 3 heterocycles. The van der Waals surface area contributed by atoms with Gasteiger partial charge in [-0.05, 0) is 43.0 Å². The number of aliphatic imine (C=N–C) groups is 1. The highest BCUT2D eigenvalue weighted by Gasteiger charge is 2.18. The molecule has 0 aliphatic heterocycles. The third-order valence-corrected chi connectivity index (χ3v) is 5.79. The third-order valence-electron chi connectivity index (χ3n) is 5.43. The fourth-order valence-electron chi connectivity index (χ4n) is 3.49. The second kappa shape index (κ2) is 16.1. The van der Waals surface area contributed by atoms with Crippen LogP contribution in [0.3, 0.4) is 0 Å². The Hall–Kier alpha value is -5.02. The minimum absolute atomic E-state index is 0.481. The van der Waals surface area contributed by atoms with Gasteiger partial charge in [-0.25, -0.2) is 9.97 Å². The maximum absolute atomic E-state index is 9.84. The Labute approximate surface area is 238 Å². The summed E-state index contributed by atoms with van der Waals surface area (Å²) in [7, 11) is 1.91. The van der Waals surface area contributed by atoms with Crippen molar-refractivity contribution >= 4 is 53.0 Å². The van der Waals surface area contributed by atoms with Crippen LogP contribution in [-0.2, 0) is 11.2 Å². The third kappa shape index (κ3) is 8.50. The molecule has 2 aromatic carbocycles. The number of nitrogens with one attached hydrogen (secondary N) is 3. The molecule has 0 aliphatic rings. The molecular formula is C30H30ClN7O2. The quantitative estimate of drug-likeness (QED) is 0.136. The molecule has 3 N–H and O–H groups in total. The Bertz CT molecular complexity index is 1490. The molecule has 0 unspecified atom stereocenters. The molecule has 0 fully saturated rings. The van der Waals surface area contributed by atoms with Crippen LogP contribution in [-0.4, -0.2) is 41.7 Å². The SMILES string of the molecule is C=CN=C.CNc1ccc(CCNc2ncnc3oc(-c4ccccc4)c(Cl)c23)cc1.O=CNc1cccnc1. The summed E-state index contributed by atoms with van der Waals surface area (Å²) in [6.45, 7) is 7.09. The van der Waals surface area contributed by atoms with E-state index in [9.17, 15) is 4.79 Å². The lowest BCUT2D eigenvalue weighted by Gasteiger charge is -2.07. The first kappa shape index (κ1) is 29.5. The molecule has 5 rings (SSSR count). The first-order valence-electron chi connectivity index (χ1n) is 12.3. The number of furan rings is 1. The van der Waals surface area contributed by atoms with Crippen molar-refractivity contribution < 1.29 is 9.21 Å². The molecule has 3 aromatic heterocycles. The van der Waals surface area contributed by atoms with Gasteiger partial charge >= 0.3 is 0 Å². The summed E-state index contributed by atoms with van der Waals surface area (Å²) in [5.41, 5.74) is 4.45. The average Bonchev–Trinajstić information content (AvgIpc) is 3.36. The van der Waals surface area contributed by atoms with Crippen molar-refractivity contribution in [3.63, 3.8) is 0 Å². The van der Waals surface area contributed by atoms with Crippen LogP contribution in [0.4, 0.5) is 17.2 Å². The zero-order chi connectivity index (χ0) is 28.6. The molecule has 0 saturated heterocycles. The van der Waals surface area contributed by atoms with E-state index in [1.165, 1.54) is 18.1 Å². The van der Waals surface area contributed by atoms with Crippen molar-refractivity contribution in [3.8, 4) is 11.3 Å². The molecule has 5 aromatic rings. The van der Waals surface area contributed by atoms with Gasteiger partial charge in [-0.3, -0.25) is 14.8 Å². The lowest BCUT2D eigenvalue weighted by Crippen LogP contribution is -2.07. The molecular weight excluding hydrogens is 526 g/mol. The van der Waals surface area contributed by atoms with Crippen LogP contribution in [0.2, 0.25) is 5.02 Å². The molecule has 0 aliphatic carbocycles. The number of carbonyl (C=O) groups is 1. The number of halogens is 1. The molecule has 0 radical (unpaired) electrons. The molecule has 0 spiro atoms. The van der Waals surface area contributed by atoms with Gasteiger partial charge in [0, 0.05) is 37.2 Å². The van der Waals surface area contributed by atoms with Crippen molar-refractivity contribution in [3.05, 3.63) is 109 Å². The highest BCUT2D eigenvalue weighted by atomic mass is 35.5. The van der Waals surface area contributed by atoms with Crippen LogP contribution in [0.15, 0.2) is 108 Å². The molecule has 9 nitrogen and oxygen atoms in total. The maximum atomic E-state index is 9.84. The van der Waals surface area contributed by atoms with E-state index in [1.807, 2.05) is 37.4 Å². The fraction of sp³-hybridized carbons (Fsp3) is 0.100. The Kier molecular flexibility index (Phi) is 11.9. The molecule has 0 atom stereocenters. The number of nitrogens with zero attached hydrogens (tertiary/aromatic N) is 4. The minimum Gasteiger partial charge on any atom is -0.436 e. The van der Waals surface area contributed by atoms with Crippen LogP contribution in [0.25, 0.3) is 22.4 Å². The van der Waals surface area contributed by atoms with E-state index in [0.717, 1.165) is 24.2 Å². The first-order valence-corrected chi connectivity index (χ1v) is 12.6. The highest BCUT2D eigenvalue weighted by Crippen LogP contribution is 2.39. The number of anilines is 3. The molecule has 10 heteroatoms. The Morgan fingerprint density at radius 3 is 2.40 bits per heavy atom. The second-order valence-corrected chi connectivity index (χ2v) is 8.38. The van der Waals surface area contributed by atoms with Crippen LogP contribution in [0.1, 0.15) is 5.56 Å². The summed E-state index contributed by atoms with van der Waals surface area (Å²) in [6.07, 6.45) is 7.60. The number of fused-ring (bicyclic) bond motifs is 1. The summed E-state index contributed by atoms with van der Waals surface area (Å²) in [6, 6.07) is 21.6. The van der Waals surface area contributed by atoms with Crippen LogP contribution in [0, 0.1) is 0 Å². The van der Waals surface area contributed by atoms with E-state index in [1.54, 1.807) is 24.5 Å². The predicted octanol–water partition coefficient (Wildman–Crippen LogP) is 6.72. The number of hydrogen-bond donors (Lipinski definition) is 3. The lowest BCUT2D eigenvalue weighted by atomic mass is 10.1. The topological polar surface area (TPSA) is 117 Å². The van der Waals surface area contributed by atoms with E-state index >= 15 is 0 Å². The van der Waals surface area contributed by atoms with Gasteiger partial charge in [-0.15, -0.1) is 0 Å². The van der Waals surface area contributed by atoms with Gasteiger partial charge in [-0.1, -0.05) is 60.6 Å². The van der Waals surface area contributed by atoms with Crippen LogP contribution >= 0.6 is 11.6 Å². The molecule has 0 saturated carbocycles. The summed E-state index contributed by atoms with van der Waals surface area (Å²) in [5, 5.41) is 10.2. The molecule has 1 amide bonds. The van der Waals surface area contributed by atoms with Gasteiger partial charge in [0.25, 0.3) is 0 Å². The van der Waals surface area contributed by atoms with Crippen molar-refractivity contribution in [2.24, 2.45) is 4.99 Å². The number of rotatable bonds is 9. The van der Waals surface area contributed by atoms with E-state index in [-0.39, 0.29) is 0 Å². The van der Waals surface area contributed by atoms with Gasteiger partial charge in [0.15, 0.2) is 5.76 Å². The van der Waals surface area contributed by atoms with Crippen LogP contribution in [0.5, 0.6) is 0 Å². The van der Waals surface area contributed by atoms with Crippen molar-refractivity contribution in [2.75, 3.05) is 29.5 Å². The molecule has 204 valence electrons. The van der Waals surface area contributed by atoms with Gasteiger partial charge in [-0.2, -0.15) is 0 Å². The number of hydrogen-bond acceptors (Lipinski definition) is 8. The largest absolute Gasteiger partial charge is 0.436 e. The van der Waals surface area contributed by atoms with E-state index in [2.05, 4.69) is 73.5 Å². The van der Waals surface area contributed by atoms with E-state index in [4.69, 9.17) is 16.0 Å². The standard InChI is InChI=1S/C21H19ClN4O.C6H6N2O.C3H5N/c1-23-16-9-7-14(8-10-16)11-12-24-20-17-18(22)19(15-5-3-2-4-6-15)27-21(17)26-13-25-20;9-5-8-6-2-1-3-7-4-6;1-3-4-2/h2-10,13,23H,11-12H2,1H3,(H,24,25,26);1-5H,(H,8,9);3H,1-2H2. The van der Waals surface area contributed by atoms with E-state index < -0.39 is 0 Å². The predicted molar refractivity (Wildman–Crippen MR) is 164 cm³/mol. The number of carbonyl (C=O) groups excluding carboxylic acids is 1. The summed E-state index contributed by atoms with van der Waals surface area (Å²) in [5.74, 6) is 1.29. The van der Waals surface area contributed by atoms with Crippen molar-refractivity contribution in [1.82, 2.24) is 15.0 Å². The summed E-state index contributed by atoms with van der Waals surface area (Å²) >= 11 is 6.61. The fourth-order valence-corrected chi connectivity index (χ4v) is 3.81. The Morgan fingerprint density at radius 2 is 1.77 bits per heavy atom. The highest BCUT2D eigenvalue weighted by molar-refractivity contribution is 6.38. The number of amides is 1. The Morgan fingerprint density at radius 1 is 1.02 bits per heavy atom. The number of aromatic nitrogens is 3. The molecule has 40 heavy (non-hydrogen) atoms. The number of benzene rings is 2. The van der Waals surface area contributed by atoms with Crippen molar-refractivity contribution in [2.45, 2.75) is 6.42 Å². The summed E-state index contributed by atoms with van der Waals surface area (Å²) in [4.78, 5) is 25.4. The normalized spacial score (nSPS) is 9.75. The maximum Gasteiger partial charge on any atom is 0.233 e. The first-order chi connectivity index (χ1) is 19.6. The van der Waals surface area contributed by atoms with Gasteiger partial charge < -0.3 is 20.4 Å². The number of pyridine rings is 1.